The zero-order chi connectivity index (χ0) is 10.6. The average molecular weight is 200 g/mol. The van der Waals surface area contributed by atoms with E-state index in [4.69, 9.17) is 0 Å². The molecule has 0 aromatic rings. The highest BCUT2D eigenvalue weighted by Gasteiger charge is 2.32. The normalized spacial score (nSPS) is 24.0. The first kappa shape index (κ1) is 12.0. The number of hydrogen-bond donors (Lipinski definition) is 2. The van der Waals surface area contributed by atoms with Crippen molar-refractivity contribution in [3.63, 3.8) is 0 Å². The minimum atomic E-state index is -0.229. The molecule has 1 atom stereocenters. The second kappa shape index (κ2) is 5.10. The molecule has 1 heterocycles. The van der Waals surface area contributed by atoms with Crippen molar-refractivity contribution in [2.75, 3.05) is 26.2 Å². The minimum Gasteiger partial charge on any atom is -0.390 e. The van der Waals surface area contributed by atoms with Crippen molar-refractivity contribution in [2.24, 2.45) is 0 Å². The van der Waals surface area contributed by atoms with E-state index in [1.165, 1.54) is 12.8 Å². The van der Waals surface area contributed by atoms with Crippen LogP contribution in [0.25, 0.3) is 0 Å². The fraction of sp³-hybridized carbons (Fsp3) is 1.00. The Bertz CT molecular complexity index is 171. The van der Waals surface area contributed by atoms with E-state index in [2.05, 4.69) is 31.0 Å². The molecule has 3 nitrogen and oxygen atoms in total. The number of β-amino-alcohol motifs (C(OH)–C–C–N with tert-alkyl or cyclic N) is 1. The Morgan fingerprint density at radius 2 is 2.21 bits per heavy atom. The van der Waals surface area contributed by atoms with Gasteiger partial charge in [-0.2, -0.15) is 0 Å². The first-order chi connectivity index (χ1) is 6.56. The third kappa shape index (κ3) is 3.23. The summed E-state index contributed by atoms with van der Waals surface area (Å²) in [6.07, 6.45) is 2.29. The van der Waals surface area contributed by atoms with Crippen molar-refractivity contribution in [3.8, 4) is 0 Å². The highest BCUT2D eigenvalue weighted by Crippen LogP contribution is 2.27. The monoisotopic (exact) mass is 200 g/mol. The zero-order valence-corrected chi connectivity index (χ0v) is 9.71. The Kier molecular flexibility index (Phi) is 4.35. The number of aliphatic hydroxyl groups is 1. The lowest BCUT2D eigenvalue weighted by molar-refractivity contribution is 0.0780. The summed E-state index contributed by atoms with van der Waals surface area (Å²) >= 11 is 0. The standard InChI is InChI=1S/C11H24N2O/c1-4-12-8-10(14)9-13-7-5-6-11(13,2)3/h10,12,14H,4-9H2,1-3H3. The van der Waals surface area contributed by atoms with E-state index in [1.807, 2.05) is 0 Å². The molecule has 1 unspecified atom stereocenters. The number of likely N-dealkylation sites (N-methyl/N-ethyl adjacent to an activating group) is 1. The van der Waals surface area contributed by atoms with Crippen LogP contribution in [-0.4, -0.2) is 47.8 Å². The van der Waals surface area contributed by atoms with Crippen molar-refractivity contribution < 1.29 is 5.11 Å². The quantitative estimate of drug-likeness (QED) is 0.690. The molecule has 2 N–H and O–H groups in total. The molecule has 14 heavy (non-hydrogen) atoms. The SMILES string of the molecule is CCNCC(O)CN1CCCC1(C)C. The third-order valence-corrected chi connectivity index (χ3v) is 3.13. The van der Waals surface area contributed by atoms with Crippen molar-refractivity contribution in [2.45, 2.75) is 45.3 Å². The van der Waals surface area contributed by atoms with Gasteiger partial charge in [0.15, 0.2) is 0 Å². The van der Waals surface area contributed by atoms with Gasteiger partial charge >= 0.3 is 0 Å². The van der Waals surface area contributed by atoms with Crippen LogP contribution in [0.15, 0.2) is 0 Å². The summed E-state index contributed by atoms with van der Waals surface area (Å²) in [5.74, 6) is 0. The second-order valence-corrected chi connectivity index (χ2v) is 4.82. The predicted octanol–water partition coefficient (Wildman–Crippen LogP) is 0.831. The van der Waals surface area contributed by atoms with Gasteiger partial charge in [0.2, 0.25) is 0 Å². The van der Waals surface area contributed by atoms with E-state index < -0.39 is 0 Å². The molecule has 84 valence electrons. The lowest BCUT2D eigenvalue weighted by atomic mass is 10.0. The Hall–Kier alpha value is -0.120. The molecule has 0 spiro atoms. The first-order valence-corrected chi connectivity index (χ1v) is 5.70. The number of nitrogens with zero attached hydrogens (tertiary/aromatic N) is 1. The minimum absolute atomic E-state index is 0.229. The number of hydrogen-bond acceptors (Lipinski definition) is 3. The molecule has 0 aromatic carbocycles. The molecule has 1 aliphatic rings. The fourth-order valence-corrected chi connectivity index (χ4v) is 2.13. The number of rotatable bonds is 5. The molecule has 0 saturated carbocycles. The maximum Gasteiger partial charge on any atom is 0.0791 e. The Morgan fingerprint density at radius 3 is 2.71 bits per heavy atom. The van der Waals surface area contributed by atoms with E-state index in [9.17, 15) is 5.11 Å². The highest BCUT2D eigenvalue weighted by molar-refractivity contribution is 4.88. The summed E-state index contributed by atoms with van der Waals surface area (Å²) in [6.45, 7) is 10.2. The predicted molar refractivity (Wildman–Crippen MR) is 59.4 cm³/mol. The first-order valence-electron chi connectivity index (χ1n) is 5.70. The smallest absolute Gasteiger partial charge is 0.0791 e. The Morgan fingerprint density at radius 1 is 1.50 bits per heavy atom. The van der Waals surface area contributed by atoms with Crippen LogP contribution >= 0.6 is 0 Å². The van der Waals surface area contributed by atoms with E-state index in [0.29, 0.717) is 6.54 Å². The number of nitrogens with one attached hydrogen (secondary N) is 1. The van der Waals surface area contributed by atoms with Crippen LogP contribution in [0.2, 0.25) is 0 Å². The van der Waals surface area contributed by atoms with Crippen molar-refractivity contribution in [1.29, 1.82) is 0 Å². The Balaban J connectivity index is 2.29. The Labute approximate surface area is 87.5 Å². The van der Waals surface area contributed by atoms with E-state index >= 15 is 0 Å². The average Bonchev–Trinajstić information content (AvgIpc) is 2.43. The molecule has 3 heteroatoms. The van der Waals surface area contributed by atoms with Gasteiger partial charge in [0.05, 0.1) is 6.10 Å². The maximum atomic E-state index is 9.77. The summed E-state index contributed by atoms with van der Waals surface area (Å²) in [5, 5.41) is 12.9. The summed E-state index contributed by atoms with van der Waals surface area (Å²) in [7, 11) is 0. The van der Waals surface area contributed by atoms with Gasteiger partial charge in [-0.1, -0.05) is 6.92 Å². The molecule has 0 bridgehead atoms. The number of aliphatic hydroxyl groups excluding tert-OH is 1. The molecule has 1 saturated heterocycles. The fourth-order valence-electron chi connectivity index (χ4n) is 2.13. The van der Waals surface area contributed by atoms with Crippen LogP contribution in [0.1, 0.15) is 33.6 Å². The van der Waals surface area contributed by atoms with Gasteiger partial charge < -0.3 is 10.4 Å². The van der Waals surface area contributed by atoms with Gasteiger partial charge in [-0.3, -0.25) is 4.90 Å². The number of likely N-dealkylation sites (tertiary alicyclic amines) is 1. The van der Waals surface area contributed by atoms with Crippen LogP contribution in [0, 0.1) is 0 Å². The van der Waals surface area contributed by atoms with Gasteiger partial charge in [-0.25, -0.2) is 0 Å². The van der Waals surface area contributed by atoms with E-state index in [1.54, 1.807) is 0 Å². The summed E-state index contributed by atoms with van der Waals surface area (Å²) < 4.78 is 0. The van der Waals surface area contributed by atoms with Crippen LogP contribution in [-0.2, 0) is 0 Å². The molecule has 1 fully saturated rings. The highest BCUT2D eigenvalue weighted by atomic mass is 16.3. The van der Waals surface area contributed by atoms with Crippen LogP contribution in [0.3, 0.4) is 0 Å². The van der Waals surface area contributed by atoms with Gasteiger partial charge in [0.25, 0.3) is 0 Å². The summed E-state index contributed by atoms with van der Waals surface area (Å²) in [5.41, 5.74) is 0.285. The molecule has 0 amide bonds. The third-order valence-electron chi connectivity index (χ3n) is 3.13. The molecule has 0 aromatic heterocycles. The maximum absolute atomic E-state index is 9.77. The molecule has 0 aliphatic carbocycles. The van der Waals surface area contributed by atoms with Crippen LogP contribution in [0.4, 0.5) is 0 Å². The molecular weight excluding hydrogens is 176 g/mol. The second-order valence-electron chi connectivity index (χ2n) is 4.82. The van der Waals surface area contributed by atoms with Crippen LogP contribution in [0.5, 0.6) is 0 Å². The van der Waals surface area contributed by atoms with Crippen molar-refractivity contribution in [1.82, 2.24) is 10.2 Å². The van der Waals surface area contributed by atoms with Crippen molar-refractivity contribution in [3.05, 3.63) is 0 Å². The topological polar surface area (TPSA) is 35.5 Å². The zero-order valence-electron chi connectivity index (χ0n) is 9.71. The van der Waals surface area contributed by atoms with E-state index in [-0.39, 0.29) is 11.6 Å². The summed E-state index contributed by atoms with van der Waals surface area (Å²) in [6, 6.07) is 0. The van der Waals surface area contributed by atoms with Gasteiger partial charge in [0.1, 0.15) is 0 Å². The molecule has 1 aliphatic heterocycles. The summed E-state index contributed by atoms with van der Waals surface area (Å²) in [4.78, 5) is 2.40. The molecular formula is C11H24N2O. The van der Waals surface area contributed by atoms with Crippen LogP contribution < -0.4 is 5.32 Å². The van der Waals surface area contributed by atoms with Gasteiger partial charge in [-0.05, 0) is 39.8 Å². The van der Waals surface area contributed by atoms with Gasteiger partial charge in [0, 0.05) is 18.6 Å². The van der Waals surface area contributed by atoms with Gasteiger partial charge in [-0.15, -0.1) is 0 Å². The lowest BCUT2D eigenvalue weighted by Crippen LogP contribution is -2.45. The van der Waals surface area contributed by atoms with Crippen molar-refractivity contribution >= 4 is 0 Å². The molecule has 0 radical (unpaired) electrons. The largest absolute Gasteiger partial charge is 0.390 e. The lowest BCUT2D eigenvalue weighted by Gasteiger charge is -2.33. The molecule has 1 rings (SSSR count). The van der Waals surface area contributed by atoms with E-state index in [0.717, 1.165) is 19.6 Å².